The van der Waals surface area contributed by atoms with E-state index in [-0.39, 0.29) is 5.91 Å². The number of hydrogen-bond acceptors (Lipinski definition) is 2. The van der Waals surface area contributed by atoms with Gasteiger partial charge in [-0.1, -0.05) is 0 Å². The Morgan fingerprint density at radius 1 is 1.47 bits per heavy atom. The second-order valence-electron chi connectivity index (χ2n) is 3.98. The van der Waals surface area contributed by atoms with Crippen LogP contribution in [0.4, 0.5) is 0 Å². The van der Waals surface area contributed by atoms with E-state index >= 15 is 0 Å². The minimum absolute atomic E-state index is 0.0897. The number of H-pyrrole nitrogens is 1. The van der Waals surface area contributed by atoms with Crippen LogP contribution in [0.15, 0.2) is 18.3 Å². The third-order valence-electron chi connectivity index (χ3n) is 3.01. The standard InChI is InChI=1S/C11H17N3O/c1-14(9-4-7-12-8-5-9)11(15)10-3-2-6-13-10/h2-3,6,9,12-13H,4-5,7-8H2,1H3. The summed E-state index contributed by atoms with van der Waals surface area (Å²) in [4.78, 5) is 16.8. The molecule has 15 heavy (non-hydrogen) atoms. The molecule has 1 amide bonds. The SMILES string of the molecule is CN(C(=O)c1ccc[nH]1)C1CCNCC1. The Labute approximate surface area is 89.7 Å². The van der Waals surface area contributed by atoms with Crippen LogP contribution in [0.25, 0.3) is 0 Å². The highest BCUT2D eigenvalue weighted by molar-refractivity contribution is 5.92. The monoisotopic (exact) mass is 207 g/mol. The van der Waals surface area contributed by atoms with Gasteiger partial charge in [-0.15, -0.1) is 0 Å². The van der Waals surface area contributed by atoms with Crippen LogP contribution < -0.4 is 5.32 Å². The summed E-state index contributed by atoms with van der Waals surface area (Å²) in [5.74, 6) is 0.0897. The molecule has 1 saturated heterocycles. The van der Waals surface area contributed by atoms with E-state index in [9.17, 15) is 4.79 Å². The molecule has 2 heterocycles. The molecule has 4 heteroatoms. The number of carbonyl (C=O) groups excluding carboxylic acids is 1. The molecule has 2 rings (SSSR count). The lowest BCUT2D eigenvalue weighted by Crippen LogP contribution is -2.44. The first-order valence-electron chi connectivity index (χ1n) is 5.40. The van der Waals surface area contributed by atoms with E-state index in [2.05, 4.69) is 10.3 Å². The van der Waals surface area contributed by atoms with E-state index in [1.807, 2.05) is 24.1 Å². The van der Waals surface area contributed by atoms with Crippen LogP contribution in [0.3, 0.4) is 0 Å². The van der Waals surface area contributed by atoms with Crippen molar-refractivity contribution in [2.45, 2.75) is 18.9 Å². The van der Waals surface area contributed by atoms with Crippen molar-refractivity contribution in [2.24, 2.45) is 0 Å². The van der Waals surface area contributed by atoms with Crippen molar-refractivity contribution in [3.63, 3.8) is 0 Å². The van der Waals surface area contributed by atoms with Gasteiger partial charge < -0.3 is 15.2 Å². The van der Waals surface area contributed by atoms with Gasteiger partial charge in [0.25, 0.3) is 5.91 Å². The molecule has 1 fully saturated rings. The van der Waals surface area contributed by atoms with Gasteiger partial charge in [-0.2, -0.15) is 0 Å². The van der Waals surface area contributed by atoms with Gasteiger partial charge in [-0.05, 0) is 38.1 Å². The lowest BCUT2D eigenvalue weighted by atomic mass is 10.1. The molecule has 0 bridgehead atoms. The normalized spacial score (nSPS) is 17.7. The highest BCUT2D eigenvalue weighted by Crippen LogP contribution is 2.12. The maximum Gasteiger partial charge on any atom is 0.270 e. The molecule has 1 aromatic heterocycles. The summed E-state index contributed by atoms with van der Waals surface area (Å²) in [6.07, 6.45) is 3.87. The molecule has 0 aromatic carbocycles. The molecular formula is C11H17N3O. The molecule has 1 aliphatic heterocycles. The Hall–Kier alpha value is -1.29. The van der Waals surface area contributed by atoms with Crippen molar-refractivity contribution in [2.75, 3.05) is 20.1 Å². The lowest BCUT2D eigenvalue weighted by molar-refractivity contribution is 0.0698. The number of amides is 1. The van der Waals surface area contributed by atoms with Crippen LogP contribution in [0.1, 0.15) is 23.3 Å². The molecule has 0 saturated carbocycles. The number of carbonyl (C=O) groups is 1. The first-order valence-corrected chi connectivity index (χ1v) is 5.40. The number of piperidine rings is 1. The summed E-state index contributed by atoms with van der Waals surface area (Å²) in [5, 5.41) is 3.30. The number of aromatic amines is 1. The van der Waals surface area contributed by atoms with Crippen molar-refractivity contribution in [1.82, 2.24) is 15.2 Å². The Morgan fingerprint density at radius 3 is 2.80 bits per heavy atom. The molecular weight excluding hydrogens is 190 g/mol. The maximum atomic E-state index is 12.0. The fraction of sp³-hybridized carbons (Fsp3) is 0.545. The van der Waals surface area contributed by atoms with E-state index in [0.717, 1.165) is 25.9 Å². The van der Waals surface area contributed by atoms with Gasteiger partial charge in [0.2, 0.25) is 0 Å². The van der Waals surface area contributed by atoms with E-state index in [4.69, 9.17) is 0 Å². The second-order valence-corrected chi connectivity index (χ2v) is 3.98. The number of hydrogen-bond donors (Lipinski definition) is 2. The van der Waals surface area contributed by atoms with Crippen molar-refractivity contribution >= 4 is 5.91 Å². The maximum absolute atomic E-state index is 12.0. The van der Waals surface area contributed by atoms with E-state index in [0.29, 0.717) is 11.7 Å². The van der Waals surface area contributed by atoms with Crippen LogP contribution in [-0.2, 0) is 0 Å². The van der Waals surface area contributed by atoms with Gasteiger partial charge in [-0.3, -0.25) is 4.79 Å². The molecule has 0 aliphatic carbocycles. The minimum atomic E-state index is 0.0897. The molecule has 0 atom stereocenters. The highest BCUT2D eigenvalue weighted by Gasteiger charge is 2.22. The summed E-state index contributed by atoms with van der Waals surface area (Å²) in [5.41, 5.74) is 0.677. The van der Waals surface area contributed by atoms with Gasteiger partial charge in [0.15, 0.2) is 0 Å². The zero-order valence-electron chi connectivity index (χ0n) is 8.99. The van der Waals surface area contributed by atoms with Gasteiger partial charge in [0.05, 0.1) is 0 Å². The summed E-state index contributed by atoms with van der Waals surface area (Å²) < 4.78 is 0. The Kier molecular flexibility index (Phi) is 3.06. The molecule has 4 nitrogen and oxygen atoms in total. The Morgan fingerprint density at radius 2 is 2.20 bits per heavy atom. The average Bonchev–Trinajstić information content (AvgIpc) is 2.82. The topological polar surface area (TPSA) is 48.1 Å². The van der Waals surface area contributed by atoms with Gasteiger partial charge in [-0.25, -0.2) is 0 Å². The second kappa shape index (κ2) is 4.49. The first-order chi connectivity index (χ1) is 7.29. The first kappa shape index (κ1) is 10.2. The molecule has 82 valence electrons. The summed E-state index contributed by atoms with van der Waals surface area (Å²) in [7, 11) is 1.89. The lowest BCUT2D eigenvalue weighted by Gasteiger charge is -2.31. The van der Waals surface area contributed by atoms with Crippen LogP contribution >= 0.6 is 0 Å². The van der Waals surface area contributed by atoms with Crippen molar-refractivity contribution < 1.29 is 4.79 Å². The average molecular weight is 207 g/mol. The van der Waals surface area contributed by atoms with Crippen molar-refractivity contribution in [3.05, 3.63) is 24.0 Å². The van der Waals surface area contributed by atoms with Gasteiger partial charge in [0, 0.05) is 19.3 Å². The quantitative estimate of drug-likeness (QED) is 0.755. The largest absolute Gasteiger partial charge is 0.357 e. The zero-order valence-corrected chi connectivity index (χ0v) is 8.99. The highest BCUT2D eigenvalue weighted by atomic mass is 16.2. The molecule has 1 aliphatic rings. The number of nitrogens with one attached hydrogen (secondary N) is 2. The molecule has 0 spiro atoms. The van der Waals surface area contributed by atoms with E-state index in [1.54, 1.807) is 6.20 Å². The molecule has 2 N–H and O–H groups in total. The van der Waals surface area contributed by atoms with Gasteiger partial charge >= 0.3 is 0 Å². The van der Waals surface area contributed by atoms with E-state index in [1.165, 1.54) is 0 Å². The number of rotatable bonds is 2. The summed E-state index contributed by atoms with van der Waals surface area (Å²) in [6.45, 7) is 2.01. The van der Waals surface area contributed by atoms with Crippen LogP contribution in [-0.4, -0.2) is 42.0 Å². The summed E-state index contributed by atoms with van der Waals surface area (Å²) in [6, 6.07) is 4.05. The number of aromatic nitrogens is 1. The predicted molar refractivity (Wildman–Crippen MR) is 58.8 cm³/mol. The fourth-order valence-electron chi connectivity index (χ4n) is 2.01. The van der Waals surface area contributed by atoms with Crippen LogP contribution in [0, 0.1) is 0 Å². The fourth-order valence-corrected chi connectivity index (χ4v) is 2.01. The van der Waals surface area contributed by atoms with Crippen LogP contribution in [0.2, 0.25) is 0 Å². The van der Waals surface area contributed by atoms with Gasteiger partial charge in [0.1, 0.15) is 5.69 Å². The molecule has 1 aromatic rings. The van der Waals surface area contributed by atoms with Crippen LogP contribution in [0.5, 0.6) is 0 Å². The third kappa shape index (κ3) is 2.21. The number of nitrogens with zero attached hydrogens (tertiary/aromatic N) is 1. The smallest absolute Gasteiger partial charge is 0.270 e. The zero-order chi connectivity index (χ0) is 10.7. The third-order valence-corrected chi connectivity index (χ3v) is 3.01. The predicted octanol–water partition coefficient (Wildman–Crippen LogP) is 0.839. The van der Waals surface area contributed by atoms with Crippen molar-refractivity contribution in [1.29, 1.82) is 0 Å². The Bertz CT molecular complexity index is 315. The Balaban J connectivity index is 2.00. The molecule has 0 unspecified atom stereocenters. The van der Waals surface area contributed by atoms with Crippen molar-refractivity contribution in [3.8, 4) is 0 Å². The van der Waals surface area contributed by atoms with E-state index < -0.39 is 0 Å². The summed E-state index contributed by atoms with van der Waals surface area (Å²) >= 11 is 0. The minimum Gasteiger partial charge on any atom is -0.357 e. The molecule has 0 radical (unpaired) electrons.